The minimum Gasteiger partial charge on any atom is -0.495 e. The molecule has 0 spiro atoms. The highest BCUT2D eigenvalue weighted by atomic mass is 35.5. The third-order valence-electron chi connectivity index (χ3n) is 3.69. The predicted molar refractivity (Wildman–Crippen MR) is 95.5 cm³/mol. The SMILES string of the molecule is COc1cc(-c2ccno2)ccc1S(=O)(=O)Nc1cccc(Cl)c1C. The van der Waals surface area contributed by atoms with E-state index in [1.54, 1.807) is 43.3 Å². The van der Waals surface area contributed by atoms with Crippen molar-refractivity contribution in [2.75, 3.05) is 11.8 Å². The van der Waals surface area contributed by atoms with E-state index in [9.17, 15) is 8.42 Å². The molecule has 0 bridgehead atoms. The molecule has 3 aromatic rings. The molecule has 0 aliphatic rings. The van der Waals surface area contributed by atoms with Crippen LogP contribution in [0.5, 0.6) is 5.75 Å². The molecule has 1 N–H and O–H groups in total. The van der Waals surface area contributed by atoms with Gasteiger partial charge in [0.2, 0.25) is 0 Å². The van der Waals surface area contributed by atoms with Crippen LogP contribution in [-0.2, 0) is 10.0 Å². The van der Waals surface area contributed by atoms with Gasteiger partial charge in [0, 0.05) is 16.7 Å². The second-order valence-corrected chi connectivity index (χ2v) is 7.32. The molecule has 0 aliphatic heterocycles. The molecule has 0 amide bonds. The molecule has 0 fully saturated rings. The molecular formula is C17H15ClN2O4S. The van der Waals surface area contributed by atoms with Crippen molar-refractivity contribution in [3.05, 3.63) is 59.2 Å². The van der Waals surface area contributed by atoms with E-state index in [4.69, 9.17) is 20.9 Å². The van der Waals surface area contributed by atoms with E-state index in [0.29, 0.717) is 27.6 Å². The van der Waals surface area contributed by atoms with Gasteiger partial charge in [-0.3, -0.25) is 4.72 Å². The average Bonchev–Trinajstić information content (AvgIpc) is 3.13. The number of ether oxygens (including phenoxy) is 1. The highest BCUT2D eigenvalue weighted by Gasteiger charge is 2.22. The van der Waals surface area contributed by atoms with Crippen LogP contribution in [0.3, 0.4) is 0 Å². The maximum Gasteiger partial charge on any atom is 0.265 e. The molecule has 0 aliphatic carbocycles. The number of hydrogen-bond acceptors (Lipinski definition) is 5. The Kier molecular flexibility index (Phi) is 4.69. The van der Waals surface area contributed by atoms with E-state index in [1.807, 2.05) is 0 Å². The van der Waals surface area contributed by atoms with Crippen molar-refractivity contribution in [1.82, 2.24) is 5.16 Å². The van der Waals surface area contributed by atoms with Crippen LogP contribution in [0.25, 0.3) is 11.3 Å². The van der Waals surface area contributed by atoms with Gasteiger partial charge in [0.25, 0.3) is 10.0 Å². The Morgan fingerprint density at radius 3 is 2.68 bits per heavy atom. The molecule has 25 heavy (non-hydrogen) atoms. The quantitative estimate of drug-likeness (QED) is 0.722. The molecule has 8 heteroatoms. The normalized spacial score (nSPS) is 11.3. The second-order valence-electron chi connectivity index (χ2n) is 5.26. The number of halogens is 1. The summed E-state index contributed by atoms with van der Waals surface area (Å²) in [6.07, 6.45) is 1.51. The number of sulfonamides is 1. The molecule has 130 valence electrons. The zero-order valence-corrected chi connectivity index (χ0v) is 15.1. The standard InChI is InChI=1S/C17H15ClN2O4S/c1-11-13(18)4-3-5-14(11)20-25(21,22)17-7-6-12(10-16(17)23-2)15-8-9-19-24-15/h3-10,20H,1-2H3. The summed E-state index contributed by atoms with van der Waals surface area (Å²) < 4.78 is 38.4. The molecule has 1 heterocycles. The topological polar surface area (TPSA) is 81.4 Å². The second kappa shape index (κ2) is 6.78. The molecule has 1 aromatic heterocycles. The van der Waals surface area contributed by atoms with Crippen LogP contribution in [0, 0.1) is 6.92 Å². The summed E-state index contributed by atoms with van der Waals surface area (Å²) >= 11 is 6.05. The minimum atomic E-state index is -3.86. The third-order valence-corrected chi connectivity index (χ3v) is 5.50. The highest BCUT2D eigenvalue weighted by molar-refractivity contribution is 7.92. The number of hydrogen-bond donors (Lipinski definition) is 1. The summed E-state index contributed by atoms with van der Waals surface area (Å²) in [5.41, 5.74) is 1.71. The fourth-order valence-electron chi connectivity index (χ4n) is 2.33. The van der Waals surface area contributed by atoms with E-state index in [-0.39, 0.29) is 10.6 Å². The Labute approximate surface area is 150 Å². The van der Waals surface area contributed by atoms with Crippen LogP contribution >= 0.6 is 11.6 Å². The zero-order valence-electron chi connectivity index (χ0n) is 13.5. The van der Waals surface area contributed by atoms with Crippen LogP contribution in [-0.4, -0.2) is 20.7 Å². The zero-order chi connectivity index (χ0) is 18.0. The van der Waals surface area contributed by atoms with E-state index in [1.165, 1.54) is 19.4 Å². The van der Waals surface area contributed by atoms with E-state index < -0.39 is 10.0 Å². The first-order valence-corrected chi connectivity index (χ1v) is 9.15. The fourth-order valence-corrected chi connectivity index (χ4v) is 3.77. The van der Waals surface area contributed by atoms with Gasteiger partial charge in [-0.1, -0.05) is 22.8 Å². The summed E-state index contributed by atoms with van der Waals surface area (Å²) in [5.74, 6) is 0.710. The Balaban J connectivity index is 2.01. The van der Waals surface area contributed by atoms with Crippen molar-refractivity contribution >= 4 is 27.3 Å². The number of anilines is 1. The Morgan fingerprint density at radius 1 is 1.20 bits per heavy atom. The van der Waals surface area contributed by atoms with Crippen molar-refractivity contribution in [2.45, 2.75) is 11.8 Å². The van der Waals surface area contributed by atoms with Gasteiger partial charge >= 0.3 is 0 Å². The Bertz CT molecular complexity index is 1000. The largest absolute Gasteiger partial charge is 0.495 e. The van der Waals surface area contributed by atoms with Crippen molar-refractivity contribution in [1.29, 1.82) is 0 Å². The molecule has 0 saturated carbocycles. The lowest BCUT2D eigenvalue weighted by Crippen LogP contribution is -2.15. The van der Waals surface area contributed by atoms with Gasteiger partial charge in [0.05, 0.1) is 19.0 Å². The third kappa shape index (κ3) is 3.47. The van der Waals surface area contributed by atoms with E-state index >= 15 is 0 Å². The number of nitrogens with one attached hydrogen (secondary N) is 1. The summed E-state index contributed by atoms with van der Waals surface area (Å²) in [5, 5.41) is 4.12. The molecule has 2 aromatic carbocycles. The van der Waals surface area contributed by atoms with Gasteiger partial charge in [-0.15, -0.1) is 0 Å². The van der Waals surface area contributed by atoms with Crippen LogP contribution in [0.1, 0.15) is 5.56 Å². The van der Waals surface area contributed by atoms with Crippen molar-refractivity contribution in [3.8, 4) is 17.1 Å². The molecule has 0 unspecified atom stereocenters. The van der Waals surface area contributed by atoms with Crippen molar-refractivity contribution in [3.63, 3.8) is 0 Å². The lowest BCUT2D eigenvalue weighted by molar-refractivity contribution is 0.402. The monoisotopic (exact) mass is 378 g/mol. The first-order valence-electron chi connectivity index (χ1n) is 7.29. The number of rotatable bonds is 5. The summed E-state index contributed by atoms with van der Waals surface area (Å²) in [4.78, 5) is 0.0117. The Morgan fingerprint density at radius 2 is 2.00 bits per heavy atom. The molecule has 0 radical (unpaired) electrons. The van der Waals surface area contributed by atoms with Gasteiger partial charge in [-0.25, -0.2) is 8.42 Å². The number of nitrogens with zero attached hydrogens (tertiary/aromatic N) is 1. The average molecular weight is 379 g/mol. The number of methoxy groups -OCH3 is 1. The summed E-state index contributed by atoms with van der Waals surface area (Å²) in [6, 6.07) is 11.4. The summed E-state index contributed by atoms with van der Waals surface area (Å²) in [6.45, 7) is 1.74. The number of aromatic nitrogens is 1. The lowest BCUT2D eigenvalue weighted by Gasteiger charge is -2.14. The molecule has 0 atom stereocenters. The lowest BCUT2D eigenvalue weighted by atomic mass is 10.1. The van der Waals surface area contributed by atoms with Gasteiger partial charge in [0.15, 0.2) is 5.76 Å². The van der Waals surface area contributed by atoms with Crippen molar-refractivity contribution in [2.24, 2.45) is 0 Å². The molecule has 0 saturated heterocycles. The van der Waals surface area contributed by atoms with Crippen LogP contribution < -0.4 is 9.46 Å². The number of benzene rings is 2. The smallest absolute Gasteiger partial charge is 0.265 e. The van der Waals surface area contributed by atoms with Gasteiger partial charge < -0.3 is 9.26 Å². The predicted octanol–water partition coefficient (Wildman–Crippen LogP) is 4.11. The van der Waals surface area contributed by atoms with Crippen molar-refractivity contribution < 1.29 is 17.7 Å². The molecular weight excluding hydrogens is 364 g/mol. The summed E-state index contributed by atoms with van der Waals surface area (Å²) in [7, 11) is -2.45. The fraction of sp³-hybridized carbons (Fsp3) is 0.118. The van der Waals surface area contributed by atoms with Crippen LogP contribution in [0.4, 0.5) is 5.69 Å². The molecule has 3 rings (SSSR count). The van der Waals surface area contributed by atoms with Gasteiger partial charge in [0.1, 0.15) is 10.6 Å². The van der Waals surface area contributed by atoms with Crippen LogP contribution in [0.15, 0.2) is 58.1 Å². The van der Waals surface area contributed by atoms with E-state index in [2.05, 4.69) is 9.88 Å². The Hall–Kier alpha value is -2.51. The maximum absolute atomic E-state index is 12.8. The van der Waals surface area contributed by atoms with Gasteiger partial charge in [-0.2, -0.15) is 0 Å². The van der Waals surface area contributed by atoms with E-state index in [0.717, 1.165) is 0 Å². The maximum atomic E-state index is 12.8. The first kappa shape index (κ1) is 17.3. The highest BCUT2D eigenvalue weighted by Crippen LogP contribution is 2.32. The molecule has 6 nitrogen and oxygen atoms in total. The first-order chi connectivity index (χ1) is 11.9. The van der Waals surface area contributed by atoms with Crippen LogP contribution in [0.2, 0.25) is 5.02 Å². The van der Waals surface area contributed by atoms with Gasteiger partial charge in [-0.05, 0) is 42.8 Å². The minimum absolute atomic E-state index is 0.0117.